The molecule has 0 saturated carbocycles. The predicted octanol–water partition coefficient (Wildman–Crippen LogP) is 1.80. The van der Waals surface area contributed by atoms with Crippen LogP contribution in [0.15, 0.2) is 40.3 Å². The first-order valence-corrected chi connectivity index (χ1v) is 9.61. The van der Waals surface area contributed by atoms with Gasteiger partial charge in [0.1, 0.15) is 6.07 Å². The molecule has 0 radical (unpaired) electrons. The minimum absolute atomic E-state index is 0.105. The molecule has 1 unspecified atom stereocenters. The first-order chi connectivity index (χ1) is 15.0. The lowest BCUT2D eigenvalue weighted by Gasteiger charge is -2.48. The Bertz CT molecular complexity index is 1020. The van der Waals surface area contributed by atoms with Crippen LogP contribution in [0.3, 0.4) is 0 Å². The van der Waals surface area contributed by atoms with E-state index < -0.39 is 18.3 Å². The van der Waals surface area contributed by atoms with Crippen LogP contribution in [-0.4, -0.2) is 57.9 Å². The fourth-order valence-electron chi connectivity index (χ4n) is 3.56. The maximum Gasteiger partial charge on any atom is 0.316 e. The number of alkyl halides is 2. The zero-order valence-electron chi connectivity index (χ0n) is 16.7. The molecule has 4 rings (SSSR count). The Morgan fingerprint density at radius 1 is 1.45 bits per heavy atom. The highest BCUT2D eigenvalue weighted by Gasteiger charge is 2.43. The second kappa shape index (κ2) is 8.75. The number of allylic oxidation sites excluding steroid dienone is 1. The van der Waals surface area contributed by atoms with Gasteiger partial charge in [0.2, 0.25) is 0 Å². The third-order valence-electron chi connectivity index (χ3n) is 5.08. The van der Waals surface area contributed by atoms with Crippen molar-refractivity contribution in [1.82, 2.24) is 25.3 Å². The Balaban J connectivity index is 1.50. The summed E-state index contributed by atoms with van der Waals surface area (Å²) in [6, 6.07) is 3.73. The van der Waals surface area contributed by atoms with E-state index in [0.29, 0.717) is 30.8 Å². The van der Waals surface area contributed by atoms with Crippen molar-refractivity contribution in [1.29, 1.82) is 5.26 Å². The van der Waals surface area contributed by atoms with Gasteiger partial charge in [-0.3, -0.25) is 4.98 Å². The molecule has 2 aliphatic heterocycles. The Hall–Kier alpha value is -3.43. The molecule has 0 bridgehead atoms. The number of piperazine rings is 1. The van der Waals surface area contributed by atoms with Crippen molar-refractivity contribution < 1.29 is 18.0 Å². The molecule has 1 fully saturated rings. The van der Waals surface area contributed by atoms with Crippen LogP contribution in [0.25, 0.3) is 0 Å². The Kier molecular flexibility index (Phi) is 5.88. The van der Waals surface area contributed by atoms with Crippen molar-refractivity contribution in [3.63, 3.8) is 0 Å². The van der Waals surface area contributed by atoms with Crippen LogP contribution in [0.4, 0.5) is 14.7 Å². The van der Waals surface area contributed by atoms with Gasteiger partial charge in [-0.1, -0.05) is 0 Å². The molecule has 162 valence electrons. The molecule has 0 spiro atoms. The van der Waals surface area contributed by atoms with E-state index in [1.807, 2.05) is 11.8 Å². The van der Waals surface area contributed by atoms with Crippen LogP contribution in [0, 0.1) is 11.3 Å². The number of nitrogens with one attached hydrogen (secondary N) is 1. The van der Waals surface area contributed by atoms with E-state index in [2.05, 4.69) is 36.0 Å². The van der Waals surface area contributed by atoms with Gasteiger partial charge in [-0.15, -0.1) is 0 Å². The summed E-state index contributed by atoms with van der Waals surface area (Å²) in [5.74, 6) is -1.74. The molecule has 4 heterocycles. The highest BCUT2D eigenvalue weighted by Crippen LogP contribution is 2.28. The summed E-state index contributed by atoms with van der Waals surface area (Å²) < 4.78 is 36.4. The van der Waals surface area contributed by atoms with Crippen LogP contribution in [0.2, 0.25) is 0 Å². The highest BCUT2D eigenvalue weighted by molar-refractivity contribution is 5.72. The van der Waals surface area contributed by atoms with Crippen molar-refractivity contribution in [2.24, 2.45) is 4.99 Å². The maximum absolute atomic E-state index is 12.8. The molecule has 31 heavy (non-hydrogen) atoms. The summed E-state index contributed by atoms with van der Waals surface area (Å²) in [6.45, 7) is 3.50. The number of aliphatic imine (C=N–C) groups is 1. The van der Waals surface area contributed by atoms with E-state index in [4.69, 9.17) is 4.74 Å². The summed E-state index contributed by atoms with van der Waals surface area (Å²) in [5, 5.41) is 16.1. The van der Waals surface area contributed by atoms with E-state index in [-0.39, 0.29) is 18.6 Å². The summed E-state index contributed by atoms with van der Waals surface area (Å²) in [4.78, 5) is 16.1. The van der Waals surface area contributed by atoms with E-state index in [0.717, 1.165) is 0 Å². The minimum Gasteiger partial charge on any atom is -0.335 e. The van der Waals surface area contributed by atoms with Crippen molar-refractivity contribution >= 4 is 12.2 Å². The fraction of sp³-hybridized carbons (Fsp3) is 0.421. The molecule has 0 amide bonds. The third-order valence-corrected chi connectivity index (χ3v) is 5.08. The Morgan fingerprint density at radius 3 is 3.00 bits per heavy atom. The van der Waals surface area contributed by atoms with Gasteiger partial charge in [0.15, 0.2) is 0 Å². The number of hydrogen-bond donors (Lipinski definition) is 1. The van der Waals surface area contributed by atoms with Gasteiger partial charge >= 0.3 is 12.4 Å². The molecular weight excluding hydrogens is 410 g/mol. The number of aromatic nitrogens is 3. The summed E-state index contributed by atoms with van der Waals surface area (Å²) in [5.41, 5.74) is 1.12. The molecule has 2 aromatic heterocycles. The molecule has 10 nitrogen and oxygen atoms in total. The normalized spacial score (nSPS) is 23.7. The quantitative estimate of drug-likeness (QED) is 0.732. The zero-order chi connectivity index (χ0) is 21.8. The Labute approximate surface area is 176 Å². The lowest BCUT2D eigenvalue weighted by atomic mass is 10.1. The number of halogens is 2. The molecule has 2 aliphatic rings. The maximum atomic E-state index is 12.8. The lowest BCUT2D eigenvalue weighted by Crippen LogP contribution is -2.67. The molecule has 0 aliphatic carbocycles. The molecule has 12 heteroatoms. The average molecular weight is 430 g/mol. The van der Waals surface area contributed by atoms with Gasteiger partial charge in [0.25, 0.3) is 11.8 Å². The van der Waals surface area contributed by atoms with Crippen LogP contribution in [0.1, 0.15) is 30.4 Å². The van der Waals surface area contributed by atoms with E-state index in [9.17, 15) is 14.0 Å². The average Bonchev–Trinajstić information content (AvgIpc) is 3.29. The first-order valence-electron chi connectivity index (χ1n) is 9.61. The number of nitriles is 1. The molecule has 0 aromatic carbocycles. The predicted molar refractivity (Wildman–Crippen MR) is 105 cm³/mol. The largest absolute Gasteiger partial charge is 0.335 e. The van der Waals surface area contributed by atoms with Crippen molar-refractivity contribution in [2.75, 3.05) is 24.5 Å². The molecule has 2 atom stereocenters. The second-order valence-electron chi connectivity index (χ2n) is 7.04. The molecular formula is C19H20F2N8O2. The number of ether oxygens (including phenoxy) is 1. The third kappa shape index (κ3) is 4.23. The molecule has 1 saturated heterocycles. The van der Waals surface area contributed by atoms with Gasteiger partial charge in [0, 0.05) is 50.5 Å². The number of nitrogens with zero attached hydrogens (tertiary/aromatic N) is 7. The molecule has 1 N–H and O–H groups in total. The van der Waals surface area contributed by atoms with E-state index in [1.54, 1.807) is 35.7 Å². The summed E-state index contributed by atoms with van der Waals surface area (Å²) in [6.07, 6.45) is 5.41. The second-order valence-corrected chi connectivity index (χ2v) is 7.04. The smallest absolute Gasteiger partial charge is 0.316 e. The first kappa shape index (κ1) is 20.8. The zero-order valence-corrected chi connectivity index (χ0v) is 16.7. The number of anilines is 1. The monoisotopic (exact) mass is 430 g/mol. The van der Waals surface area contributed by atoms with Gasteiger partial charge in [-0.25, -0.2) is 9.89 Å². The van der Waals surface area contributed by atoms with Crippen molar-refractivity contribution in [3.05, 3.63) is 47.8 Å². The van der Waals surface area contributed by atoms with Crippen molar-refractivity contribution in [3.8, 4) is 6.07 Å². The van der Waals surface area contributed by atoms with Crippen molar-refractivity contribution in [2.45, 2.75) is 32.0 Å². The lowest BCUT2D eigenvalue weighted by molar-refractivity contribution is -0.189. The fourth-order valence-corrected chi connectivity index (χ4v) is 3.56. The topological polar surface area (TPSA) is 116 Å². The van der Waals surface area contributed by atoms with Gasteiger partial charge in [0.05, 0.1) is 12.2 Å². The number of hydrogen-bond acceptors (Lipinski definition) is 10. The summed E-state index contributed by atoms with van der Waals surface area (Å²) in [7, 11) is 0. The van der Waals surface area contributed by atoms with E-state index in [1.165, 1.54) is 6.20 Å². The highest BCUT2D eigenvalue weighted by atomic mass is 19.3. The number of rotatable bonds is 6. The van der Waals surface area contributed by atoms with Gasteiger partial charge in [-0.2, -0.15) is 19.0 Å². The molecule has 2 aromatic rings. The standard InChI is InChI=1S/C19H20F2N8O2/c1-13-11-28(18-26-17(16(20)21)31-27-18)7-8-29(13)19(24-4-2-5-25-19)30-12-14-3-6-23-10-15(14)9-22/h2-6,10,13,16,24H,7-8,11-12H2,1H3/t13?,19-/m0/s1. The van der Waals surface area contributed by atoms with Gasteiger partial charge < -0.3 is 19.5 Å². The van der Waals surface area contributed by atoms with Crippen LogP contribution >= 0.6 is 0 Å². The number of pyridine rings is 1. The minimum atomic E-state index is -2.81. The van der Waals surface area contributed by atoms with Gasteiger partial charge in [-0.05, 0) is 29.8 Å². The SMILES string of the molecule is CC1CN(c2noc(C(F)F)n2)CCN1[C@@]1(OCc2ccncc2C#N)N=CC=CN1. The van der Waals surface area contributed by atoms with E-state index >= 15 is 0 Å². The van der Waals surface area contributed by atoms with Crippen LogP contribution < -0.4 is 10.2 Å². The summed E-state index contributed by atoms with van der Waals surface area (Å²) >= 11 is 0. The Morgan fingerprint density at radius 2 is 2.32 bits per heavy atom. The van der Waals surface area contributed by atoms with Crippen LogP contribution in [-0.2, 0) is 11.3 Å². The van der Waals surface area contributed by atoms with Crippen LogP contribution in [0.5, 0.6) is 0 Å².